The number of hydrogen-bond donors (Lipinski definition) is 1. The van der Waals surface area contributed by atoms with E-state index < -0.39 is 0 Å². The van der Waals surface area contributed by atoms with Crippen molar-refractivity contribution in [2.75, 3.05) is 6.54 Å². The second-order valence-electron chi connectivity index (χ2n) is 6.81. The lowest BCUT2D eigenvalue weighted by Crippen LogP contribution is -2.53. The molecule has 1 nitrogen and oxygen atoms in total. The Labute approximate surface area is 119 Å². The van der Waals surface area contributed by atoms with Gasteiger partial charge >= 0.3 is 0 Å². The summed E-state index contributed by atoms with van der Waals surface area (Å²) in [5.74, 6) is 0. The van der Waals surface area contributed by atoms with Crippen LogP contribution in [0.1, 0.15) is 46.1 Å². The van der Waals surface area contributed by atoms with Gasteiger partial charge in [-0.25, -0.2) is 0 Å². The fraction of sp³-hybridized carbons (Fsp3) is 0.625. The van der Waals surface area contributed by atoms with Crippen LogP contribution < -0.4 is 5.32 Å². The van der Waals surface area contributed by atoms with E-state index in [9.17, 15) is 0 Å². The molecule has 1 fully saturated rings. The minimum Gasteiger partial charge on any atom is -0.314 e. The van der Waals surface area contributed by atoms with Crippen molar-refractivity contribution in [3.05, 3.63) is 34.3 Å². The minimum absolute atomic E-state index is 0.313. The van der Waals surface area contributed by atoms with Gasteiger partial charge in [-0.15, -0.1) is 0 Å². The quantitative estimate of drug-likeness (QED) is 0.863. The molecular weight excluding hydrogens is 286 g/mol. The lowest BCUT2D eigenvalue weighted by atomic mass is 9.52. The summed E-state index contributed by atoms with van der Waals surface area (Å²) in [4.78, 5) is 0. The molecule has 2 heteroatoms. The van der Waals surface area contributed by atoms with Crippen LogP contribution in [0.5, 0.6) is 0 Å². The van der Waals surface area contributed by atoms with Crippen molar-refractivity contribution in [1.29, 1.82) is 0 Å². The smallest absolute Gasteiger partial charge is 0.0213 e. The van der Waals surface area contributed by atoms with E-state index in [2.05, 4.69) is 73.2 Å². The Bertz CT molecular complexity index is 415. The molecule has 0 heterocycles. The lowest BCUT2D eigenvalue weighted by Gasteiger charge is -2.54. The number of nitrogens with one attached hydrogen (secondary N) is 1. The van der Waals surface area contributed by atoms with Crippen LogP contribution in [-0.4, -0.2) is 12.6 Å². The highest BCUT2D eigenvalue weighted by Crippen LogP contribution is 2.56. The van der Waals surface area contributed by atoms with E-state index in [-0.39, 0.29) is 0 Å². The van der Waals surface area contributed by atoms with E-state index in [0.717, 1.165) is 6.54 Å². The van der Waals surface area contributed by atoms with Crippen LogP contribution in [0.2, 0.25) is 0 Å². The van der Waals surface area contributed by atoms with Gasteiger partial charge in [0.1, 0.15) is 0 Å². The standard InChI is InChI=1S/C16H24BrN/c1-12(2)18-11-16(9-15(3,4)10-16)13-7-5-6-8-14(13)17/h5-8,12,18H,9-11H2,1-4H3. The van der Waals surface area contributed by atoms with Gasteiger partial charge in [-0.05, 0) is 29.9 Å². The van der Waals surface area contributed by atoms with Gasteiger partial charge in [0.15, 0.2) is 0 Å². The maximum absolute atomic E-state index is 3.72. The molecule has 0 atom stereocenters. The zero-order chi connectivity index (χ0) is 13.4. The van der Waals surface area contributed by atoms with Crippen molar-refractivity contribution in [3.63, 3.8) is 0 Å². The van der Waals surface area contributed by atoms with Gasteiger partial charge in [0.25, 0.3) is 0 Å². The third-order valence-electron chi connectivity index (χ3n) is 3.93. The summed E-state index contributed by atoms with van der Waals surface area (Å²) in [6, 6.07) is 9.25. The van der Waals surface area contributed by atoms with Crippen LogP contribution in [0.4, 0.5) is 0 Å². The molecule has 0 unspecified atom stereocenters. The van der Waals surface area contributed by atoms with E-state index >= 15 is 0 Å². The Hall–Kier alpha value is -0.340. The molecule has 1 aliphatic rings. The minimum atomic E-state index is 0.313. The van der Waals surface area contributed by atoms with Gasteiger partial charge in [-0.1, -0.05) is 61.8 Å². The molecule has 0 aromatic heterocycles. The number of benzene rings is 1. The molecule has 0 radical (unpaired) electrons. The zero-order valence-corrected chi connectivity index (χ0v) is 13.5. The largest absolute Gasteiger partial charge is 0.314 e. The van der Waals surface area contributed by atoms with Gasteiger partial charge in [0, 0.05) is 22.5 Å². The molecule has 1 aromatic carbocycles. The SMILES string of the molecule is CC(C)NCC1(c2ccccc2Br)CC(C)(C)C1. The summed E-state index contributed by atoms with van der Waals surface area (Å²) in [5, 5.41) is 3.63. The Morgan fingerprint density at radius 2 is 1.83 bits per heavy atom. The van der Waals surface area contributed by atoms with E-state index in [1.807, 2.05) is 0 Å². The van der Waals surface area contributed by atoms with Crippen molar-refractivity contribution in [2.24, 2.45) is 5.41 Å². The van der Waals surface area contributed by atoms with Gasteiger partial charge in [0.05, 0.1) is 0 Å². The van der Waals surface area contributed by atoms with Crippen LogP contribution in [0.3, 0.4) is 0 Å². The van der Waals surface area contributed by atoms with Gasteiger partial charge in [-0.2, -0.15) is 0 Å². The van der Waals surface area contributed by atoms with Crippen molar-refractivity contribution < 1.29 is 0 Å². The summed E-state index contributed by atoms with van der Waals surface area (Å²) < 4.78 is 1.26. The molecule has 0 saturated heterocycles. The molecule has 0 amide bonds. The molecular formula is C16H24BrN. The fourth-order valence-corrected chi connectivity index (χ4v) is 4.19. The zero-order valence-electron chi connectivity index (χ0n) is 11.9. The third-order valence-corrected chi connectivity index (χ3v) is 4.62. The molecule has 0 bridgehead atoms. The van der Waals surface area contributed by atoms with E-state index in [4.69, 9.17) is 0 Å². The number of halogens is 1. The normalized spacial score (nSPS) is 20.8. The van der Waals surface area contributed by atoms with E-state index in [0.29, 0.717) is 16.9 Å². The van der Waals surface area contributed by atoms with Crippen LogP contribution in [0, 0.1) is 5.41 Å². The highest BCUT2D eigenvalue weighted by atomic mass is 79.9. The maximum Gasteiger partial charge on any atom is 0.0213 e. The summed E-state index contributed by atoms with van der Waals surface area (Å²) in [6.45, 7) is 10.3. The van der Waals surface area contributed by atoms with Gasteiger partial charge < -0.3 is 5.32 Å². The summed E-state index contributed by atoms with van der Waals surface area (Å²) in [7, 11) is 0. The Balaban J connectivity index is 2.24. The molecule has 0 spiro atoms. The predicted octanol–water partition coefficient (Wildman–Crippen LogP) is 4.50. The second-order valence-corrected chi connectivity index (χ2v) is 7.67. The molecule has 1 saturated carbocycles. The van der Waals surface area contributed by atoms with Crippen molar-refractivity contribution >= 4 is 15.9 Å². The maximum atomic E-state index is 3.72. The first-order chi connectivity index (χ1) is 8.35. The lowest BCUT2D eigenvalue weighted by molar-refractivity contribution is 0.0542. The van der Waals surface area contributed by atoms with Crippen LogP contribution in [-0.2, 0) is 5.41 Å². The first kappa shape index (κ1) is 14.1. The highest BCUT2D eigenvalue weighted by molar-refractivity contribution is 9.10. The summed E-state index contributed by atoms with van der Waals surface area (Å²) in [5.41, 5.74) is 2.26. The van der Waals surface area contributed by atoms with Gasteiger partial charge in [0.2, 0.25) is 0 Å². The molecule has 1 aromatic rings. The summed E-state index contributed by atoms with van der Waals surface area (Å²) >= 11 is 3.72. The van der Waals surface area contributed by atoms with Crippen molar-refractivity contribution in [3.8, 4) is 0 Å². The van der Waals surface area contributed by atoms with Crippen molar-refractivity contribution in [2.45, 2.75) is 52.0 Å². The third kappa shape index (κ3) is 2.80. The Morgan fingerprint density at radius 1 is 1.22 bits per heavy atom. The van der Waals surface area contributed by atoms with E-state index in [1.54, 1.807) is 0 Å². The second kappa shape index (κ2) is 4.97. The monoisotopic (exact) mass is 309 g/mol. The molecule has 100 valence electrons. The average Bonchev–Trinajstić information content (AvgIpc) is 2.23. The Kier molecular flexibility index (Phi) is 3.89. The van der Waals surface area contributed by atoms with Crippen molar-refractivity contribution in [1.82, 2.24) is 5.32 Å². The molecule has 2 rings (SSSR count). The average molecular weight is 310 g/mol. The molecule has 1 aliphatic carbocycles. The first-order valence-electron chi connectivity index (χ1n) is 6.83. The number of hydrogen-bond acceptors (Lipinski definition) is 1. The van der Waals surface area contributed by atoms with Crippen LogP contribution in [0.25, 0.3) is 0 Å². The molecule has 0 aliphatic heterocycles. The van der Waals surface area contributed by atoms with Crippen LogP contribution >= 0.6 is 15.9 Å². The summed E-state index contributed by atoms with van der Waals surface area (Å²) in [6.07, 6.45) is 2.53. The van der Waals surface area contributed by atoms with E-state index in [1.165, 1.54) is 22.9 Å². The number of rotatable bonds is 4. The topological polar surface area (TPSA) is 12.0 Å². The highest BCUT2D eigenvalue weighted by Gasteiger charge is 2.50. The first-order valence-corrected chi connectivity index (χ1v) is 7.62. The molecule has 1 N–H and O–H groups in total. The Morgan fingerprint density at radius 3 is 2.33 bits per heavy atom. The van der Waals surface area contributed by atoms with Crippen LogP contribution in [0.15, 0.2) is 28.7 Å². The molecule has 18 heavy (non-hydrogen) atoms. The van der Waals surface area contributed by atoms with Gasteiger partial charge in [-0.3, -0.25) is 0 Å². The fourth-order valence-electron chi connectivity index (χ4n) is 3.48. The predicted molar refractivity (Wildman–Crippen MR) is 82.0 cm³/mol.